The summed E-state index contributed by atoms with van der Waals surface area (Å²) in [5.41, 5.74) is 0. The van der Waals surface area contributed by atoms with Crippen molar-refractivity contribution in [2.75, 3.05) is 6.61 Å². The molecule has 0 radical (unpaired) electrons. The third kappa shape index (κ3) is 3.01. The summed E-state index contributed by atoms with van der Waals surface area (Å²) in [5.74, 6) is -5.11. The van der Waals surface area contributed by atoms with Gasteiger partial charge in [0.05, 0.1) is 6.61 Å². The fourth-order valence-electron chi connectivity index (χ4n) is 1.25. The number of rotatable bonds is 5. The average Bonchev–Trinajstić information content (AvgIpc) is 2.32. The van der Waals surface area contributed by atoms with Gasteiger partial charge in [0.15, 0.2) is 17.5 Å². The van der Waals surface area contributed by atoms with Crippen molar-refractivity contribution in [3.63, 3.8) is 0 Å². The van der Waals surface area contributed by atoms with Gasteiger partial charge < -0.3 is 5.11 Å². The lowest BCUT2D eigenvalue weighted by Crippen LogP contribution is -2.37. The molecule has 0 fully saturated rings. The van der Waals surface area contributed by atoms with Crippen LogP contribution in [-0.4, -0.2) is 26.2 Å². The number of sulfonamides is 1. The van der Waals surface area contributed by atoms with Gasteiger partial charge in [-0.15, -0.1) is 0 Å². The van der Waals surface area contributed by atoms with Crippen LogP contribution in [0.15, 0.2) is 17.0 Å². The maximum absolute atomic E-state index is 13.3. The molecule has 0 aliphatic heterocycles. The van der Waals surface area contributed by atoms with E-state index >= 15 is 0 Å². The molecule has 0 amide bonds. The van der Waals surface area contributed by atoms with Crippen LogP contribution in [-0.2, 0) is 10.0 Å². The summed E-state index contributed by atoms with van der Waals surface area (Å²) in [6.45, 7) is 1.12. The van der Waals surface area contributed by atoms with E-state index in [0.29, 0.717) is 12.1 Å². The van der Waals surface area contributed by atoms with E-state index in [9.17, 15) is 21.6 Å². The lowest BCUT2D eigenvalue weighted by Gasteiger charge is -2.14. The van der Waals surface area contributed by atoms with Gasteiger partial charge in [0.2, 0.25) is 10.0 Å². The van der Waals surface area contributed by atoms with Crippen molar-refractivity contribution in [1.29, 1.82) is 0 Å². The Morgan fingerprint density at radius 3 is 2.39 bits per heavy atom. The molecule has 0 spiro atoms. The molecule has 2 N–H and O–H groups in total. The van der Waals surface area contributed by atoms with Gasteiger partial charge in [0.25, 0.3) is 0 Å². The lowest BCUT2D eigenvalue weighted by molar-refractivity contribution is 0.253. The number of aliphatic hydroxyl groups is 1. The summed E-state index contributed by atoms with van der Waals surface area (Å²) in [4.78, 5) is -0.992. The molecule has 1 aromatic rings. The molecule has 1 aromatic carbocycles. The predicted molar refractivity (Wildman–Crippen MR) is 57.8 cm³/mol. The number of hydrogen-bond acceptors (Lipinski definition) is 3. The van der Waals surface area contributed by atoms with E-state index < -0.39 is 45.0 Å². The summed E-state index contributed by atoms with van der Waals surface area (Å²) < 4.78 is 64.3. The molecule has 0 saturated heterocycles. The third-order valence-electron chi connectivity index (χ3n) is 2.32. The average molecular weight is 283 g/mol. The first-order valence-corrected chi connectivity index (χ1v) is 6.58. The monoisotopic (exact) mass is 283 g/mol. The first-order valence-electron chi connectivity index (χ1n) is 5.10. The van der Waals surface area contributed by atoms with Crippen molar-refractivity contribution < 1.29 is 26.7 Å². The Kier molecular flexibility index (Phi) is 4.71. The number of hydrogen-bond donors (Lipinski definition) is 2. The molecule has 0 saturated carbocycles. The van der Waals surface area contributed by atoms with Crippen LogP contribution in [0.1, 0.15) is 13.3 Å². The Morgan fingerprint density at radius 2 is 1.89 bits per heavy atom. The third-order valence-corrected chi connectivity index (χ3v) is 3.86. The van der Waals surface area contributed by atoms with Crippen LogP contribution in [0.3, 0.4) is 0 Å². The zero-order valence-electron chi connectivity index (χ0n) is 9.45. The van der Waals surface area contributed by atoms with E-state index in [1.807, 2.05) is 4.72 Å². The van der Waals surface area contributed by atoms with E-state index in [-0.39, 0.29) is 6.42 Å². The van der Waals surface area contributed by atoms with Crippen LogP contribution in [0, 0.1) is 17.5 Å². The van der Waals surface area contributed by atoms with Crippen molar-refractivity contribution >= 4 is 10.0 Å². The van der Waals surface area contributed by atoms with Crippen LogP contribution in [0.2, 0.25) is 0 Å². The topological polar surface area (TPSA) is 66.4 Å². The summed E-state index contributed by atoms with van der Waals surface area (Å²) in [7, 11) is -4.35. The summed E-state index contributed by atoms with van der Waals surface area (Å²) in [5, 5.41) is 8.85. The first kappa shape index (κ1) is 14.9. The van der Waals surface area contributed by atoms with E-state index in [2.05, 4.69) is 0 Å². The maximum Gasteiger partial charge on any atom is 0.243 e. The minimum atomic E-state index is -4.35. The van der Waals surface area contributed by atoms with Crippen LogP contribution in [0.25, 0.3) is 0 Å². The van der Waals surface area contributed by atoms with Crippen LogP contribution < -0.4 is 4.72 Å². The minimum absolute atomic E-state index is 0.265. The van der Waals surface area contributed by atoms with E-state index in [1.165, 1.54) is 0 Å². The molecule has 1 atom stereocenters. The number of benzene rings is 1. The van der Waals surface area contributed by atoms with Crippen LogP contribution in [0.5, 0.6) is 0 Å². The normalized spacial score (nSPS) is 13.6. The van der Waals surface area contributed by atoms with Crippen molar-refractivity contribution in [2.45, 2.75) is 24.3 Å². The number of halogens is 3. The van der Waals surface area contributed by atoms with Gasteiger partial charge in [-0.25, -0.2) is 26.3 Å². The molecule has 18 heavy (non-hydrogen) atoms. The quantitative estimate of drug-likeness (QED) is 0.797. The van der Waals surface area contributed by atoms with Crippen LogP contribution >= 0.6 is 0 Å². The summed E-state index contributed by atoms with van der Waals surface area (Å²) in [6, 6.07) is 0.329. The molecule has 1 unspecified atom stereocenters. The fraction of sp³-hybridized carbons (Fsp3) is 0.400. The maximum atomic E-state index is 13.3. The van der Waals surface area contributed by atoms with Crippen molar-refractivity contribution in [3.8, 4) is 0 Å². The standard InChI is InChI=1S/C10H12F3NO3S/c1-2-6(5-15)14-18(16,17)8-4-3-7(11)9(12)10(8)13/h3-4,6,14-15H,2,5H2,1H3. The van der Waals surface area contributed by atoms with Gasteiger partial charge in [0, 0.05) is 6.04 Å². The zero-order chi connectivity index (χ0) is 13.9. The van der Waals surface area contributed by atoms with E-state index in [4.69, 9.17) is 5.11 Å². The SMILES string of the molecule is CCC(CO)NS(=O)(=O)c1ccc(F)c(F)c1F. The molecular formula is C10H12F3NO3S. The molecule has 0 heterocycles. The second-order valence-electron chi connectivity index (χ2n) is 3.58. The van der Waals surface area contributed by atoms with Gasteiger partial charge in [-0.3, -0.25) is 0 Å². The highest BCUT2D eigenvalue weighted by atomic mass is 32.2. The van der Waals surface area contributed by atoms with Crippen molar-refractivity contribution in [1.82, 2.24) is 4.72 Å². The highest BCUT2D eigenvalue weighted by Gasteiger charge is 2.25. The second kappa shape index (κ2) is 5.68. The van der Waals surface area contributed by atoms with Crippen LogP contribution in [0.4, 0.5) is 13.2 Å². The van der Waals surface area contributed by atoms with E-state index in [0.717, 1.165) is 0 Å². The molecule has 0 aliphatic carbocycles. The Bertz CT molecular complexity index is 529. The number of nitrogens with one attached hydrogen (secondary N) is 1. The summed E-state index contributed by atoms with van der Waals surface area (Å²) in [6.07, 6.45) is 0.265. The minimum Gasteiger partial charge on any atom is -0.395 e. The van der Waals surface area contributed by atoms with Crippen molar-refractivity contribution in [2.24, 2.45) is 0 Å². The lowest BCUT2D eigenvalue weighted by atomic mass is 10.3. The Labute approximate surface area is 102 Å². The highest BCUT2D eigenvalue weighted by molar-refractivity contribution is 7.89. The molecule has 102 valence electrons. The molecule has 8 heteroatoms. The van der Waals surface area contributed by atoms with Gasteiger partial charge in [0.1, 0.15) is 4.90 Å². The molecular weight excluding hydrogens is 271 g/mol. The largest absolute Gasteiger partial charge is 0.395 e. The highest BCUT2D eigenvalue weighted by Crippen LogP contribution is 2.19. The molecule has 0 bridgehead atoms. The molecule has 4 nitrogen and oxygen atoms in total. The predicted octanol–water partition coefficient (Wildman–Crippen LogP) is 1.15. The molecule has 1 rings (SSSR count). The first-order chi connectivity index (χ1) is 8.33. The number of aliphatic hydroxyl groups excluding tert-OH is 1. The molecule has 0 aromatic heterocycles. The van der Waals surface area contributed by atoms with Crippen molar-refractivity contribution in [3.05, 3.63) is 29.6 Å². The van der Waals surface area contributed by atoms with Gasteiger partial charge in [-0.1, -0.05) is 6.92 Å². The zero-order valence-corrected chi connectivity index (χ0v) is 10.3. The van der Waals surface area contributed by atoms with Gasteiger partial charge >= 0.3 is 0 Å². The van der Waals surface area contributed by atoms with E-state index in [1.54, 1.807) is 6.92 Å². The second-order valence-corrected chi connectivity index (χ2v) is 5.26. The molecule has 0 aliphatic rings. The Morgan fingerprint density at radius 1 is 1.28 bits per heavy atom. The fourth-order valence-corrected chi connectivity index (χ4v) is 2.63. The summed E-state index contributed by atoms with van der Waals surface area (Å²) >= 11 is 0. The Balaban J connectivity index is 3.17. The Hall–Kier alpha value is -1.12. The van der Waals surface area contributed by atoms with Gasteiger partial charge in [-0.05, 0) is 18.6 Å². The van der Waals surface area contributed by atoms with Gasteiger partial charge in [-0.2, -0.15) is 0 Å². The smallest absolute Gasteiger partial charge is 0.243 e.